The Balaban J connectivity index is 1.62. The van der Waals surface area contributed by atoms with E-state index in [1.165, 1.54) is 29.1 Å². The first-order chi connectivity index (χ1) is 11.0. The molecule has 0 unspecified atom stereocenters. The molecule has 3 rings (SSSR count). The fourth-order valence-corrected chi connectivity index (χ4v) is 4.42. The first kappa shape index (κ1) is 16.4. The lowest BCUT2D eigenvalue weighted by molar-refractivity contribution is -0.130. The number of thiophene rings is 1. The molecule has 2 aromatic rings. The van der Waals surface area contributed by atoms with E-state index in [1.54, 1.807) is 16.2 Å². The summed E-state index contributed by atoms with van der Waals surface area (Å²) in [5, 5.41) is 2.47. The second-order valence-corrected chi connectivity index (χ2v) is 8.42. The van der Waals surface area contributed by atoms with Gasteiger partial charge in [0.1, 0.15) is 0 Å². The fraction of sp³-hybridized carbons (Fsp3) is 0.267. The Morgan fingerprint density at radius 2 is 2.00 bits per heavy atom. The maximum atomic E-state index is 12.2. The van der Waals surface area contributed by atoms with Crippen LogP contribution in [-0.2, 0) is 27.8 Å². The molecule has 1 aromatic heterocycles. The molecule has 0 spiro atoms. The summed E-state index contributed by atoms with van der Waals surface area (Å²) in [7, 11) is -3.71. The van der Waals surface area contributed by atoms with Crippen molar-refractivity contribution in [1.82, 2.24) is 9.62 Å². The quantitative estimate of drug-likeness (QED) is 0.897. The first-order valence-corrected chi connectivity index (χ1v) is 9.78. The highest BCUT2D eigenvalue weighted by atomic mass is 35.5. The van der Waals surface area contributed by atoms with E-state index >= 15 is 0 Å². The van der Waals surface area contributed by atoms with Crippen LogP contribution in [0.2, 0.25) is 5.02 Å². The van der Waals surface area contributed by atoms with E-state index in [0.717, 1.165) is 12.0 Å². The number of fused-ring (bicyclic) bond motifs is 1. The van der Waals surface area contributed by atoms with Crippen molar-refractivity contribution in [1.29, 1.82) is 0 Å². The normalized spacial score (nSPS) is 14.6. The van der Waals surface area contributed by atoms with Crippen molar-refractivity contribution in [3.63, 3.8) is 0 Å². The molecular formula is C15H15ClN2O3S2. The summed E-state index contributed by atoms with van der Waals surface area (Å²) in [4.78, 5) is 15.3. The number of halogens is 1. The summed E-state index contributed by atoms with van der Waals surface area (Å²) in [6, 6.07) is 7.83. The van der Waals surface area contributed by atoms with E-state index in [2.05, 4.69) is 4.72 Å². The summed E-state index contributed by atoms with van der Waals surface area (Å²) in [5.41, 5.74) is 1.15. The highest BCUT2D eigenvalue weighted by Crippen LogP contribution is 2.24. The summed E-state index contributed by atoms with van der Waals surface area (Å²) >= 11 is 7.44. The molecule has 0 saturated carbocycles. The van der Waals surface area contributed by atoms with E-state index in [0.29, 0.717) is 18.1 Å². The van der Waals surface area contributed by atoms with Crippen molar-refractivity contribution in [2.45, 2.75) is 17.9 Å². The van der Waals surface area contributed by atoms with Crippen molar-refractivity contribution >= 4 is 38.9 Å². The molecule has 0 radical (unpaired) electrons. The van der Waals surface area contributed by atoms with Gasteiger partial charge in [0, 0.05) is 23.0 Å². The van der Waals surface area contributed by atoms with Gasteiger partial charge in [0.15, 0.2) is 0 Å². The van der Waals surface area contributed by atoms with Crippen molar-refractivity contribution in [2.75, 3.05) is 13.1 Å². The Bertz CT molecular complexity index is 816. The Labute approximate surface area is 143 Å². The fourth-order valence-electron chi connectivity index (χ4n) is 2.43. The molecule has 1 aliphatic heterocycles. The zero-order valence-electron chi connectivity index (χ0n) is 12.2. The molecule has 0 aliphatic carbocycles. The van der Waals surface area contributed by atoms with E-state index < -0.39 is 10.0 Å². The lowest BCUT2D eigenvalue weighted by atomic mass is 10.1. The number of benzene rings is 1. The van der Waals surface area contributed by atoms with Crippen molar-refractivity contribution in [3.05, 3.63) is 51.2 Å². The molecule has 0 saturated heterocycles. The largest absolute Gasteiger partial charge is 0.337 e. The highest BCUT2D eigenvalue weighted by molar-refractivity contribution is 7.89. The lowest BCUT2D eigenvalue weighted by Gasteiger charge is -2.27. The number of hydrogen-bond donors (Lipinski definition) is 1. The molecule has 8 heteroatoms. The maximum Gasteiger partial charge on any atom is 0.241 e. The third-order valence-corrected chi connectivity index (χ3v) is 6.39. The number of nitrogens with zero attached hydrogens (tertiary/aromatic N) is 1. The van der Waals surface area contributed by atoms with Crippen LogP contribution in [0.25, 0.3) is 0 Å². The number of sulfonamides is 1. The third kappa shape index (κ3) is 3.74. The van der Waals surface area contributed by atoms with Gasteiger partial charge >= 0.3 is 0 Å². The molecule has 23 heavy (non-hydrogen) atoms. The number of amides is 1. The summed E-state index contributed by atoms with van der Waals surface area (Å²) < 4.78 is 26.7. The molecule has 0 bridgehead atoms. The Morgan fingerprint density at radius 1 is 1.26 bits per heavy atom. The average molecular weight is 371 g/mol. The van der Waals surface area contributed by atoms with Crippen LogP contribution >= 0.6 is 22.9 Å². The topological polar surface area (TPSA) is 66.5 Å². The van der Waals surface area contributed by atoms with Crippen LogP contribution in [0.5, 0.6) is 0 Å². The van der Waals surface area contributed by atoms with Gasteiger partial charge in [0.05, 0.1) is 11.4 Å². The molecule has 1 amide bonds. The van der Waals surface area contributed by atoms with Gasteiger partial charge in [-0.05, 0) is 47.7 Å². The Hall–Kier alpha value is -1.41. The number of rotatable bonds is 4. The monoisotopic (exact) mass is 370 g/mol. The van der Waals surface area contributed by atoms with Gasteiger partial charge in [-0.1, -0.05) is 11.6 Å². The smallest absolute Gasteiger partial charge is 0.241 e. The average Bonchev–Trinajstić information content (AvgIpc) is 3.00. The molecule has 0 atom stereocenters. The molecule has 122 valence electrons. The molecular weight excluding hydrogens is 356 g/mol. The van der Waals surface area contributed by atoms with Gasteiger partial charge in [-0.15, -0.1) is 11.3 Å². The van der Waals surface area contributed by atoms with Crippen LogP contribution in [0.15, 0.2) is 40.6 Å². The molecule has 1 aromatic carbocycles. The van der Waals surface area contributed by atoms with Gasteiger partial charge in [-0.3, -0.25) is 4.79 Å². The maximum absolute atomic E-state index is 12.2. The lowest BCUT2D eigenvalue weighted by Crippen LogP contribution is -2.42. The zero-order valence-corrected chi connectivity index (χ0v) is 14.5. The number of nitrogens with one attached hydrogen (secondary N) is 1. The van der Waals surface area contributed by atoms with E-state index in [4.69, 9.17) is 11.6 Å². The van der Waals surface area contributed by atoms with E-state index in [9.17, 15) is 13.2 Å². The SMILES string of the molecule is O=C(CNS(=O)(=O)c1ccc(Cl)cc1)N1CCc2sccc2C1. The Morgan fingerprint density at radius 3 is 2.74 bits per heavy atom. The van der Waals surface area contributed by atoms with Crippen LogP contribution in [0.3, 0.4) is 0 Å². The van der Waals surface area contributed by atoms with Crippen molar-refractivity contribution < 1.29 is 13.2 Å². The standard InChI is InChI=1S/C15H15ClN2O3S2/c16-12-1-3-13(4-2-12)23(20,21)17-9-15(19)18-7-5-14-11(10-18)6-8-22-14/h1-4,6,8,17H,5,7,9-10H2. The van der Waals surface area contributed by atoms with Crippen LogP contribution < -0.4 is 4.72 Å². The third-order valence-electron chi connectivity index (χ3n) is 3.70. The predicted octanol–water partition coefficient (Wildman–Crippen LogP) is 2.26. The number of carbonyl (C=O) groups is 1. The van der Waals surface area contributed by atoms with Crippen molar-refractivity contribution in [2.24, 2.45) is 0 Å². The summed E-state index contributed by atoms with van der Waals surface area (Å²) in [5.74, 6) is -0.223. The second kappa shape index (κ2) is 6.60. The number of hydrogen-bond acceptors (Lipinski definition) is 4. The van der Waals surface area contributed by atoms with Gasteiger partial charge in [-0.2, -0.15) is 0 Å². The van der Waals surface area contributed by atoms with Crippen LogP contribution in [0.4, 0.5) is 0 Å². The number of carbonyl (C=O) groups excluding carboxylic acids is 1. The minimum absolute atomic E-state index is 0.0912. The van der Waals surface area contributed by atoms with E-state index in [1.807, 2.05) is 11.4 Å². The van der Waals surface area contributed by atoms with Crippen LogP contribution in [0, 0.1) is 0 Å². The minimum atomic E-state index is -3.71. The zero-order chi connectivity index (χ0) is 16.4. The van der Waals surface area contributed by atoms with Gasteiger partial charge < -0.3 is 4.90 Å². The Kier molecular flexibility index (Phi) is 4.72. The van der Waals surface area contributed by atoms with Gasteiger partial charge in [0.2, 0.25) is 15.9 Å². The molecule has 1 N–H and O–H groups in total. The highest BCUT2D eigenvalue weighted by Gasteiger charge is 2.23. The van der Waals surface area contributed by atoms with Crippen LogP contribution in [0.1, 0.15) is 10.4 Å². The summed E-state index contributed by atoms with van der Waals surface area (Å²) in [6.07, 6.45) is 0.822. The molecule has 5 nitrogen and oxygen atoms in total. The summed E-state index contributed by atoms with van der Waals surface area (Å²) in [6.45, 7) is 0.916. The van der Waals surface area contributed by atoms with Gasteiger partial charge in [0.25, 0.3) is 0 Å². The first-order valence-electron chi connectivity index (χ1n) is 7.04. The second-order valence-electron chi connectivity index (χ2n) is 5.21. The molecule has 2 heterocycles. The minimum Gasteiger partial charge on any atom is -0.337 e. The van der Waals surface area contributed by atoms with Gasteiger partial charge in [-0.25, -0.2) is 13.1 Å². The molecule has 0 fully saturated rings. The molecule has 1 aliphatic rings. The van der Waals surface area contributed by atoms with Crippen LogP contribution in [-0.4, -0.2) is 32.3 Å². The predicted molar refractivity (Wildman–Crippen MR) is 90.1 cm³/mol. The van der Waals surface area contributed by atoms with Crippen molar-refractivity contribution in [3.8, 4) is 0 Å². The van der Waals surface area contributed by atoms with E-state index in [-0.39, 0.29) is 17.3 Å².